The monoisotopic (exact) mass is 266 g/mol. The molecule has 98 valence electrons. The van der Waals surface area contributed by atoms with E-state index in [4.69, 9.17) is 5.11 Å². The quantitative estimate of drug-likeness (QED) is 0.517. The third-order valence-corrected chi connectivity index (χ3v) is 1.96. The van der Waals surface area contributed by atoms with E-state index in [1.807, 2.05) is 0 Å². The number of benzene rings is 1. The van der Waals surface area contributed by atoms with Gasteiger partial charge in [-0.3, -0.25) is 0 Å². The van der Waals surface area contributed by atoms with E-state index in [2.05, 4.69) is 4.74 Å². The lowest BCUT2D eigenvalue weighted by Crippen LogP contribution is -2.17. The second-order valence-electron chi connectivity index (χ2n) is 3.03. The average Bonchev–Trinajstić information content (AvgIpc) is 2.27. The molecule has 0 spiro atoms. The molecule has 0 amide bonds. The maximum absolute atomic E-state index is 13.3. The van der Waals surface area contributed by atoms with Crippen LogP contribution in [0.2, 0.25) is 0 Å². The van der Waals surface area contributed by atoms with Gasteiger partial charge in [0.1, 0.15) is 11.1 Å². The summed E-state index contributed by atoms with van der Waals surface area (Å²) >= 11 is 0. The summed E-state index contributed by atoms with van der Waals surface area (Å²) in [7, 11) is 0. The summed E-state index contributed by atoms with van der Waals surface area (Å²) in [6, 6.07) is 0. The van der Waals surface area contributed by atoms with Crippen molar-refractivity contribution in [3.8, 4) is 0 Å². The summed E-state index contributed by atoms with van der Waals surface area (Å²) < 4.78 is 57.2. The van der Waals surface area contributed by atoms with Gasteiger partial charge in [-0.1, -0.05) is 0 Å². The van der Waals surface area contributed by atoms with Crippen molar-refractivity contribution < 1.29 is 37.0 Å². The lowest BCUT2D eigenvalue weighted by molar-refractivity contribution is 0.0509. The third-order valence-electron chi connectivity index (χ3n) is 1.96. The SMILES string of the molecule is CCOC(=O)c1c(F)c(F)c(C(=O)O)c(F)c1F. The fourth-order valence-electron chi connectivity index (χ4n) is 1.20. The molecular weight excluding hydrogens is 260 g/mol. The van der Waals surface area contributed by atoms with E-state index in [0.29, 0.717) is 0 Å². The van der Waals surface area contributed by atoms with Crippen LogP contribution in [0.4, 0.5) is 17.6 Å². The average molecular weight is 266 g/mol. The standard InChI is InChI=1S/C10H6F4O4/c1-2-18-10(17)4-7(13)5(11)3(9(15)16)6(12)8(4)14/h2H2,1H3,(H,15,16). The van der Waals surface area contributed by atoms with Crippen molar-refractivity contribution in [3.63, 3.8) is 0 Å². The Morgan fingerprint density at radius 2 is 1.39 bits per heavy atom. The van der Waals surface area contributed by atoms with Crippen LogP contribution in [0.25, 0.3) is 0 Å². The third kappa shape index (κ3) is 2.13. The summed E-state index contributed by atoms with van der Waals surface area (Å²) in [5.41, 5.74) is -3.41. The largest absolute Gasteiger partial charge is 0.477 e. The Balaban J connectivity index is 3.58. The van der Waals surface area contributed by atoms with Crippen LogP contribution in [0, 0.1) is 23.3 Å². The number of halogens is 4. The molecule has 0 unspecified atom stereocenters. The number of hydrogen-bond acceptors (Lipinski definition) is 3. The van der Waals surface area contributed by atoms with Gasteiger partial charge in [0.25, 0.3) is 0 Å². The zero-order valence-corrected chi connectivity index (χ0v) is 8.89. The molecule has 1 aromatic carbocycles. The van der Waals surface area contributed by atoms with Crippen molar-refractivity contribution in [1.29, 1.82) is 0 Å². The highest BCUT2D eigenvalue weighted by atomic mass is 19.2. The van der Waals surface area contributed by atoms with Gasteiger partial charge < -0.3 is 9.84 Å². The number of carbonyl (C=O) groups is 2. The second kappa shape index (κ2) is 5.03. The number of esters is 1. The summed E-state index contributed by atoms with van der Waals surface area (Å²) in [6.07, 6.45) is 0. The Morgan fingerprint density at radius 3 is 1.72 bits per heavy atom. The Hall–Kier alpha value is -2.12. The second-order valence-corrected chi connectivity index (χ2v) is 3.03. The first-order valence-electron chi connectivity index (χ1n) is 4.59. The highest BCUT2D eigenvalue weighted by molar-refractivity contribution is 5.93. The van der Waals surface area contributed by atoms with Crippen LogP contribution in [-0.2, 0) is 4.74 Å². The maximum Gasteiger partial charge on any atom is 0.344 e. The van der Waals surface area contributed by atoms with Gasteiger partial charge in [0.2, 0.25) is 0 Å². The van der Waals surface area contributed by atoms with Crippen LogP contribution in [-0.4, -0.2) is 23.7 Å². The number of carbonyl (C=O) groups excluding carboxylic acids is 1. The van der Waals surface area contributed by atoms with Gasteiger partial charge in [0, 0.05) is 0 Å². The van der Waals surface area contributed by atoms with Crippen molar-refractivity contribution in [2.24, 2.45) is 0 Å². The minimum absolute atomic E-state index is 0.276. The minimum Gasteiger partial charge on any atom is -0.477 e. The van der Waals surface area contributed by atoms with Gasteiger partial charge in [-0.05, 0) is 6.92 Å². The zero-order chi connectivity index (χ0) is 14.0. The van der Waals surface area contributed by atoms with Gasteiger partial charge in [-0.25, -0.2) is 27.2 Å². The molecule has 0 bridgehead atoms. The topological polar surface area (TPSA) is 63.6 Å². The zero-order valence-electron chi connectivity index (χ0n) is 8.89. The smallest absolute Gasteiger partial charge is 0.344 e. The number of ether oxygens (including phenoxy) is 1. The Labute approximate surface area is 97.8 Å². The summed E-state index contributed by atoms with van der Waals surface area (Å²) in [4.78, 5) is 21.5. The van der Waals surface area contributed by atoms with Crippen LogP contribution >= 0.6 is 0 Å². The van der Waals surface area contributed by atoms with Crippen molar-refractivity contribution >= 4 is 11.9 Å². The molecule has 0 atom stereocenters. The molecule has 4 nitrogen and oxygen atoms in total. The number of hydrogen-bond donors (Lipinski definition) is 1. The maximum atomic E-state index is 13.3. The Bertz CT molecular complexity index is 498. The van der Waals surface area contributed by atoms with E-state index in [0.717, 1.165) is 0 Å². The lowest BCUT2D eigenvalue weighted by atomic mass is 10.1. The predicted molar refractivity (Wildman–Crippen MR) is 49.2 cm³/mol. The molecule has 1 N–H and O–H groups in total. The first-order valence-corrected chi connectivity index (χ1v) is 4.59. The van der Waals surface area contributed by atoms with Crippen molar-refractivity contribution in [1.82, 2.24) is 0 Å². The van der Waals surface area contributed by atoms with Gasteiger partial charge in [-0.2, -0.15) is 0 Å². The van der Waals surface area contributed by atoms with Crippen molar-refractivity contribution in [2.75, 3.05) is 6.61 Å². The van der Waals surface area contributed by atoms with Gasteiger partial charge >= 0.3 is 11.9 Å². The minimum atomic E-state index is -2.20. The molecule has 18 heavy (non-hydrogen) atoms. The first kappa shape index (κ1) is 13.9. The molecule has 0 saturated heterocycles. The van der Waals surface area contributed by atoms with Crippen LogP contribution in [0.15, 0.2) is 0 Å². The fraction of sp³-hybridized carbons (Fsp3) is 0.200. The molecule has 1 aromatic rings. The van der Waals surface area contributed by atoms with Crippen molar-refractivity contribution in [2.45, 2.75) is 6.92 Å². The van der Waals surface area contributed by atoms with Crippen LogP contribution in [0.3, 0.4) is 0 Å². The highest BCUT2D eigenvalue weighted by Gasteiger charge is 2.32. The van der Waals surface area contributed by atoms with E-state index >= 15 is 0 Å². The van der Waals surface area contributed by atoms with E-state index in [1.165, 1.54) is 6.92 Å². The number of rotatable bonds is 3. The molecule has 1 rings (SSSR count). The summed E-state index contributed by atoms with van der Waals surface area (Å²) in [5, 5.41) is 8.40. The summed E-state index contributed by atoms with van der Waals surface area (Å²) in [6.45, 7) is 1.04. The number of carboxylic acid groups (broad SMARTS) is 1. The molecular formula is C10H6F4O4. The first-order chi connectivity index (χ1) is 8.32. The van der Waals surface area contributed by atoms with Gasteiger partial charge in [0.15, 0.2) is 23.3 Å². The van der Waals surface area contributed by atoms with Crippen molar-refractivity contribution in [3.05, 3.63) is 34.4 Å². The lowest BCUT2D eigenvalue weighted by Gasteiger charge is -2.08. The van der Waals surface area contributed by atoms with E-state index in [9.17, 15) is 27.2 Å². The fourth-order valence-corrected chi connectivity index (χ4v) is 1.20. The number of aromatic carboxylic acids is 1. The number of carboxylic acids is 1. The normalized spacial score (nSPS) is 10.3. The molecule has 0 radical (unpaired) electrons. The predicted octanol–water partition coefficient (Wildman–Crippen LogP) is 2.12. The molecule has 0 aliphatic rings. The molecule has 0 aliphatic heterocycles. The molecule has 0 heterocycles. The van der Waals surface area contributed by atoms with Crippen LogP contribution < -0.4 is 0 Å². The van der Waals surface area contributed by atoms with Crippen LogP contribution in [0.5, 0.6) is 0 Å². The van der Waals surface area contributed by atoms with E-state index in [-0.39, 0.29) is 6.61 Å². The summed E-state index contributed by atoms with van der Waals surface area (Å²) in [5.74, 6) is -12.4. The molecule has 0 aromatic heterocycles. The molecule has 0 aliphatic carbocycles. The Morgan fingerprint density at radius 1 is 1.00 bits per heavy atom. The van der Waals surface area contributed by atoms with Gasteiger partial charge in [-0.15, -0.1) is 0 Å². The molecule has 0 fully saturated rings. The highest BCUT2D eigenvalue weighted by Crippen LogP contribution is 2.24. The van der Waals surface area contributed by atoms with Crippen LogP contribution in [0.1, 0.15) is 27.6 Å². The molecule has 8 heteroatoms. The van der Waals surface area contributed by atoms with E-state index < -0.39 is 46.3 Å². The Kier molecular flexibility index (Phi) is 3.89. The molecule has 0 saturated carbocycles. The van der Waals surface area contributed by atoms with Gasteiger partial charge in [0.05, 0.1) is 6.61 Å². The van der Waals surface area contributed by atoms with E-state index in [1.54, 1.807) is 0 Å².